The standard InChI is InChI=1S/C13H20N2O3S/c1-10-8-11(18-2)5-6-13(10)15-19(16,17)12-4-3-7-14-9-12/h5-6,8,12,14-15H,3-4,7,9H2,1-2H3. The van der Waals surface area contributed by atoms with Crippen LogP contribution in [0.25, 0.3) is 0 Å². The van der Waals surface area contributed by atoms with Crippen LogP contribution in [0.4, 0.5) is 5.69 Å². The van der Waals surface area contributed by atoms with Crippen LogP contribution in [0.5, 0.6) is 5.75 Å². The smallest absolute Gasteiger partial charge is 0.236 e. The zero-order valence-electron chi connectivity index (χ0n) is 11.3. The average Bonchev–Trinajstić information content (AvgIpc) is 2.42. The molecule has 6 heteroatoms. The van der Waals surface area contributed by atoms with Gasteiger partial charge in [-0.3, -0.25) is 4.72 Å². The summed E-state index contributed by atoms with van der Waals surface area (Å²) in [4.78, 5) is 0. The summed E-state index contributed by atoms with van der Waals surface area (Å²) in [5, 5.41) is 2.76. The molecule has 1 aromatic carbocycles. The number of benzene rings is 1. The van der Waals surface area contributed by atoms with E-state index in [0.29, 0.717) is 18.7 Å². The maximum atomic E-state index is 12.3. The van der Waals surface area contributed by atoms with Gasteiger partial charge in [0.1, 0.15) is 5.75 Å². The summed E-state index contributed by atoms with van der Waals surface area (Å²) >= 11 is 0. The van der Waals surface area contributed by atoms with Crippen molar-refractivity contribution in [3.05, 3.63) is 23.8 Å². The Kier molecular flexibility index (Phi) is 4.31. The molecule has 0 aliphatic carbocycles. The summed E-state index contributed by atoms with van der Waals surface area (Å²) < 4.78 is 32.4. The Hall–Kier alpha value is -1.27. The van der Waals surface area contributed by atoms with E-state index in [1.807, 2.05) is 13.0 Å². The largest absolute Gasteiger partial charge is 0.497 e. The molecule has 19 heavy (non-hydrogen) atoms. The number of ether oxygens (including phenoxy) is 1. The molecule has 106 valence electrons. The Morgan fingerprint density at radius 3 is 2.79 bits per heavy atom. The van der Waals surface area contributed by atoms with Crippen molar-refractivity contribution in [3.8, 4) is 5.75 Å². The first-order valence-corrected chi connectivity index (χ1v) is 7.94. The van der Waals surface area contributed by atoms with Gasteiger partial charge in [-0.2, -0.15) is 0 Å². The maximum Gasteiger partial charge on any atom is 0.236 e. The van der Waals surface area contributed by atoms with E-state index in [2.05, 4.69) is 10.0 Å². The van der Waals surface area contributed by atoms with Gasteiger partial charge in [0.05, 0.1) is 18.0 Å². The topological polar surface area (TPSA) is 67.4 Å². The fraction of sp³-hybridized carbons (Fsp3) is 0.538. The lowest BCUT2D eigenvalue weighted by atomic mass is 10.2. The summed E-state index contributed by atoms with van der Waals surface area (Å²) in [6, 6.07) is 5.31. The third-order valence-electron chi connectivity index (χ3n) is 3.38. The van der Waals surface area contributed by atoms with Crippen LogP contribution < -0.4 is 14.8 Å². The molecule has 1 aliphatic heterocycles. The summed E-state index contributed by atoms with van der Waals surface area (Å²) in [5.74, 6) is 0.722. The first-order chi connectivity index (χ1) is 9.03. The van der Waals surface area contributed by atoms with Gasteiger partial charge in [-0.25, -0.2) is 8.42 Å². The maximum absolute atomic E-state index is 12.3. The number of nitrogens with one attached hydrogen (secondary N) is 2. The van der Waals surface area contributed by atoms with Crippen LogP contribution in [0, 0.1) is 6.92 Å². The lowest BCUT2D eigenvalue weighted by Gasteiger charge is -2.23. The predicted octanol–water partition coefficient (Wildman–Crippen LogP) is 1.50. The molecule has 2 rings (SSSR count). The molecule has 0 aromatic heterocycles. The number of methoxy groups -OCH3 is 1. The van der Waals surface area contributed by atoms with E-state index in [-0.39, 0.29) is 5.25 Å². The van der Waals surface area contributed by atoms with Gasteiger partial charge in [-0.15, -0.1) is 0 Å². The van der Waals surface area contributed by atoms with E-state index in [4.69, 9.17) is 4.74 Å². The molecule has 0 amide bonds. The summed E-state index contributed by atoms with van der Waals surface area (Å²) in [7, 11) is -1.74. The van der Waals surface area contributed by atoms with Crippen molar-refractivity contribution < 1.29 is 13.2 Å². The van der Waals surface area contributed by atoms with Gasteiger partial charge in [-0.1, -0.05) is 0 Å². The van der Waals surface area contributed by atoms with Gasteiger partial charge in [-0.05, 0) is 50.1 Å². The number of aryl methyl sites for hydroxylation is 1. The minimum atomic E-state index is -3.33. The SMILES string of the molecule is COc1ccc(NS(=O)(=O)C2CCCNC2)c(C)c1. The molecule has 1 aromatic rings. The van der Waals surface area contributed by atoms with Crippen LogP contribution >= 0.6 is 0 Å². The van der Waals surface area contributed by atoms with Crippen LogP contribution in [0.1, 0.15) is 18.4 Å². The van der Waals surface area contributed by atoms with Crippen LogP contribution in [-0.2, 0) is 10.0 Å². The number of piperidine rings is 1. The number of rotatable bonds is 4. The molecule has 1 unspecified atom stereocenters. The van der Waals surface area contributed by atoms with E-state index in [1.54, 1.807) is 19.2 Å². The van der Waals surface area contributed by atoms with E-state index in [9.17, 15) is 8.42 Å². The van der Waals surface area contributed by atoms with Crippen LogP contribution in [0.2, 0.25) is 0 Å². The van der Waals surface area contributed by atoms with E-state index in [1.165, 1.54) is 0 Å². The highest BCUT2D eigenvalue weighted by molar-refractivity contribution is 7.93. The number of anilines is 1. The van der Waals surface area contributed by atoms with Gasteiger partial charge < -0.3 is 10.1 Å². The van der Waals surface area contributed by atoms with Crippen molar-refractivity contribution in [2.75, 3.05) is 24.9 Å². The van der Waals surface area contributed by atoms with Gasteiger partial charge in [0, 0.05) is 6.54 Å². The highest BCUT2D eigenvalue weighted by Crippen LogP contribution is 2.23. The van der Waals surface area contributed by atoms with Crippen molar-refractivity contribution >= 4 is 15.7 Å². The van der Waals surface area contributed by atoms with E-state index in [0.717, 1.165) is 24.3 Å². The normalized spacial score (nSPS) is 20.0. The molecule has 2 N–H and O–H groups in total. The molecule has 0 radical (unpaired) electrons. The minimum Gasteiger partial charge on any atom is -0.497 e. The molecule has 0 saturated carbocycles. The summed E-state index contributed by atoms with van der Waals surface area (Å²) in [6.07, 6.45) is 1.60. The predicted molar refractivity (Wildman–Crippen MR) is 76.2 cm³/mol. The van der Waals surface area contributed by atoms with Crippen LogP contribution in [0.3, 0.4) is 0 Å². The molecule has 1 aliphatic rings. The third-order valence-corrected chi connectivity index (χ3v) is 5.16. The fourth-order valence-electron chi connectivity index (χ4n) is 2.20. The van der Waals surface area contributed by atoms with E-state index < -0.39 is 10.0 Å². The summed E-state index contributed by atoms with van der Waals surface area (Å²) in [5.41, 5.74) is 1.47. The fourth-order valence-corrected chi connectivity index (χ4v) is 3.72. The second kappa shape index (κ2) is 5.79. The van der Waals surface area contributed by atoms with Gasteiger partial charge in [0.25, 0.3) is 0 Å². The van der Waals surface area contributed by atoms with Gasteiger partial charge >= 0.3 is 0 Å². The van der Waals surface area contributed by atoms with Crippen LogP contribution in [0.15, 0.2) is 18.2 Å². The lowest BCUT2D eigenvalue weighted by molar-refractivity contribution is 0.414. The Labute approximate surface area is 114 Å². The van der Waals surface area contributed by atoms with Crippen molar-refractivity contribution in [3.63, 3.8) is 0 Å². The first kappa shape index (κ1) is 14.1. The Morgan fingerprint density at radius 2 is 2.21 bits per heavy atom. The molecule has 1 saturated heterocycles. The van der Waals surface area contributed by atoms with Gasteiger partial charge in [0.2, 0.25) is 10.0 Å². The molecular formula is C13H20N2O3S. The molecule has 5 nitrogen and oxygen atoms in total. The molecule has 0 spiro atoms. The highest BCUT2D eigenvalue weighted by Gasteiger charge is 2.27. The second-order valence-corrected chi connectivity index (χ2v) is 6.76. The van der Waals surface area contributed by atoms with Crippen molar-refractivity contribution in [1.82, 2.24) is 5.32 Å². The lowest BCUT2D eigenvalue weighted by Crippen LogP contribution is -2.41. The number of sulfonamides is 1. The van der Waals surface area contributed by atoms with Crippen molar-refractivity contribution in [2.24, 2.45) is 0 Å². The monoisotopic (exact) mass is 284 g/mol. The molecule has 0 bridgehead atoms. The summed E-state index contributed by atoms with van der Waals surface area (Å²) in [6.45, 7) is 3.28. The molecular weight excluding hydrogens is 264 g/mol. The Balaban J connectivity index is 2.15. The van der Waals surface area contributed by atoms with Crippen molar-refractivity contribution in [1.29, 1.82) is 0 Å². The van der Waals surface area contributed by atoms with Gasteiger partial charge in [0.15, 0.2) is 0 Å². The average molecular weight is 284 g/mol. The molecule has 1 heterocycles. The highest BCUT2D eigenvalue weighted by atomic mass is 32.2. The first-order valence-electron chi connectivity index (χ1n) is 6.40. The third kappa shape index (κ3) is 3.39. The number of hydrogen-bond donors (Lipinski definition) is 2. The van der Waals surface area contributed by atoms with Crippen LogP contribution in [-0.4, -0.2) is 33.9 Å². The van der Waals surface area contributed by atoms with E-state index >= 15 is 0 Å². The quantitative estimate of drug-likeness (QED) is 0.879. The minimum absolute atomic E-state index is 0.359. The Bertz CT molecular complexity index is 537. The van der Waals surface area contributed by atoms with Crippen molar-refractivity contribution in [2.45, 2.75) is 25.0 Å². The number of hydrogen-bond acceptors (Lipinski definition) is 4. The zero-order chi connectivity index (χ0) is 13.9. The molecule has 1 fully saturated rings. The second-order valence-electron chi connectivity index (χ2n) is 4.80. The molecule has 1 atom stereocenters. The zero-order valence-corrected chi connectivity index (χ0v) is 12.1. The Morgan fingerprint density at radius 1 is 1.42 bits per heavy atom.